The van der Waals surface area contributed by atoms with E-state index in [9.17, 15) is 9.59 Å². The van der Waals surface area contributed by atoms with Gasteiger partial charge in [0.1, 0.15) is 5.75 Å². The third-order valence-electron chi connectivity index (χ3n) is 4.97. The van der Waals surface area contributed by atoms with Gasteiger partial charge in [-0.25, -0.2) is 4.79 Å². The summed E-state index contributed by atoms with van der Waals surface area (Å²) in [6, 6.07) is 15.7. The lowest BCUT2D eigenvalue weighted by Gasteiger charge is -2.36. The van der Waals surface area contributed by atoms with E-state index in [0.29, 0.717) is 19.6 Å². The maximum atomic E-state index is 12.4. The average molecular weight is 396 g/mol. The van der Waals surface area contributed by atoms with Crippen molar-refractivity contribution in [3.63, 3.8) is 0 Å². The Morgan fingerprint density at radius 2 is 1.62 bits per heavy atom. The largest absolute Gasteiger partial charge is 0.497 e. The average Bonchev–Trinajstić information content (AvgIpc) is 2.74. The molecule has 0 radical (unpaired) electrons. The van der Waals surface area contributed by atoms with Gasteiger partial charge in [-0.1, -0.05) is 12.1 Å². The maximum absolute atomic E-state index is 12.4. The van der Waals surface area contributed by atoms with E-state index < -0.39 is 0 Å². The molecule has 3 rings (SSSR count). The molecule has 0 atom stereocenters. The van der Waals surface area contributed by atoms with Gasteiger partial charge in [-0.05, 0) is 48.4 Å². The highest BCUT2D eigenvalue weighted by molar-refractivity contribution is 5.88. The van der Waals surface area contributed by atoms with E-state index in [-0.39, 0.29) is 11.9 Å². The van der Waals surface area contributed by atoms with Gasteiger partial charge in [-0.2, -0.15) is 0 Å². The SMILES string of the molecule is COc1ccc(CCNC(=O)N2CCN(c3ccc(NC(C)=O)cc3)CC2)cc1. The van der Waals surface area contributed by atoms with Gasteiger partial charge in [-0.15, -0.1) is 0 Å². The number of amides is 3. The van der Waals surface area contributed by atoms with Crippen LogP contribution in [-0.2, 0) is 11.2 Å². The molecule has 1 heterocycles. The topological polar surface area (TPSA) is 73.9 Å². The second kappa shape index (κ2) is 9.82. The first-order valence-corrected chi connectivity index (χ1v) is 9.83. The smallest absolute Gasteiger partial charge is 0.317 e. The van der Waals surface area contributed by atoms with Crippen molar-refractivity contribution in [1.82, 2.24) is 10.2 Å². The molecule has 2 aromatic rings. The van der Waals surface area contributed by atoms with Crippen LogP contribution >= 0.6 is 0 Å². The van der Waals surface area contributed by atoms with E-state index in [0.717, 1.165) is 36.6 Å². The number of benzene rings is 2. The molecule has 0 unspecified atom stereocenters. The molecular formula is C22H28N4O3. The third-order valence-corrected chi connectivity index (χ3v) is 4.97. The molecule has 154 valence electrons. The molecule has 1 fully saturated rings. The fraction of sp³-hybridized carbons (Fsp3) is 0.364. The molecule has 3 amide bonds. The van der Waals surface area contributed by atoms with Gasteiger partial charge in [0.25, 0.3) is 0 Å². The van der Waals surface area contributed by atoms with Gasteiger partial charge in [-0.3, -0.25) is 4.79 Å². The van der Waals surface area contributed by atoms with Crippen molar-refractivity contribution in [3.05, 3.63) is 54.1 Å². The number of ether oxygens (including phenoxy) is 1. The van der Waals surface area contributed by atoms with Crippen LogP contribution in [0.5, 0.6) is 5.75 Å². The minimum absolute atomic E-state index is 0.0147. The summed E-state index contributed by atoms with van der Waals surface area (Å²) in [5.74, 6) is 0.754. The number of urea groups is 1. The highest BCUT2D eigenvalue weighted by atomic mass is 16.5. The summed E-state index contributed by atoms with van der Waals surface area (Å²) >= 11 is 0. The Morgan fingerprint density at radius 1 is 0.966 bits per heavy atom. The number of hydrogen-bond acceptors (Lipinski definition) is 4. The summed E-state index contributed by atoms with van der Waals surface area (Å²) in [4.78, 5) is 27.6. The van der Waals surface area contributed by atoms with Crippen molar-refractivity contribution in [2.75, 3.05) is 50.1 Å². The molecule has 1 aliphatic rings. The number of anilines is 2. The number of methoxy groups -OCH3 is 1. The summed E-state index contributed by atoms with van der Waals surface area (Å²) in [6.07, 6.45) is 0.788. The Kier molecular flexibility index (Phi) is 6.94. The molecule has 2 N–H and O–H groups in total. The van der Waals surface area contributed by atoms with E-state index in [1.165, 1.54) is 12.5 Å². The molecule has 0 saturated carbocycles. The van der Waals surface area contributed by atoms with E-state index >= 15 is 0 Å². The predicted octanol–water partition coefficient (Wildman–Crippen LogP) is 2.73. The Bertz CT molecular complexity index is 813. The van der Waals surface area contributed by atoms with E-state index in [4.69, 9.17) is 4.74 Å². The fourth-order valence-electron chi connectivity index (χ4n) is 3.34. The molecule has 1 aliphatic heterocycles. The molecule has 1 saturated heterocycles. The van der Waals surface area contributed by atoms with Crippen molar-refractivity contribution in [2.45, 2.75) is 13.3 Å². The lowest BCUT2D eigenvalue weighted by molar-refractivity contribution is -0.114. The molecule has 0 aromatic heterocycles. The predicted molar refractivity (Wildman–Crippen MR) is 115 cm³/mol. The highest BCUT2D eigenvalue weighted by Gasteiger charge is 2.21. The number of nitrogens with one attached hydrogen (secondary N) is 2. The fourth-order valence-corrected chi connectivity index (χ4v) is 3.34. The van der Waals surface area contributed by atoms with E-state index in [1.807, 2.05) is 53.4 Å². The van der Waals surface area contributed by atoms with Gasteiger partial charge in [0, 0.05) is 51.0 Å². The summed E-state index contributed by atoms with van der Waals surface area (Å²) in [5, 5.41) is 5.78. The van der Waals surface area contributed by atoms with E-state index in [2.05, 4.69) is 15.5 Å². The summed E-state index contributed by atoms with van der Waals surface area (Å²) < 4.78 is 5.16. The monoisotopic (exact) mass is 396 g/mol. The molecule has 0 spiro atoms. The second-order valence-corrected chi connectivity index (χ2v) is 7.03. The normalized spacial score (nSPS) is 13.7. The van der Waals surface area contributed by atoms with Crippen LogP contribution < -0.4 is 20.3 Å². The minimum atomic E-state index is -0.0793. The van der Waals surface area contributed by atoms with Gasteiger partial charge < -0.3 is 25.2 Å². The van der Waals surface area contributed by atoms with E-state index in [1.54, 1.807) is 7.11 Å². The zero-order valence-corrected chi connectivity index (χ0v) is 17.0. The molecule has 2 aromatic carbocycles. The Labute approximate surface area is 171 Å². The van der Waals surface area contributed by atoms with Crippen LogP contribution in [0.4, 0.5) is 16.2 Å². The first-order valence-electron chi connectivity index (χ1n) is 9.83. The van der Waals surface area contributed by atoms with Crippen molar-refractivity contribution < 1.29 is 14.3 Å². The maximum Gasteiger partial charge on any atom is 0.317 e. The molecular weight excluding hydrogens is 368 g/mol. The van der Waals surface area contributed by atoms with Crippen LogP contribution in [0.15, 0.2) is 48.5 Å². The molecule has 7 nitrogen and oxygen atoms in total. The number of piperazine rings is 1. The first-order chi connectivity index (χ1) is 14.0. The molecule has 0 bridgehead atoms. The highest BCUT2D eigenvalue weighted by Crippen LogP contribution is 2.19. The Balaban J connectivity index is 1.41. The zero-order valence-electron chi connectivity index (χ0n) is 17.0. The molecule has 29 heavy (non-hydrogen) atoms. The number of hydrogen-bond donors (Lipinski definition) is 2. The van der Waals surface area contributed by atoms with Crippen LogP contribution in [0.3, 0.4) is 0 Å². The summed E-state index contributed by atoms with van der Waals surface area (Å²) in [5.41, 5.74) is 3.05. The zero-order chi connectivity index (χ0) is 20.6. The van der Waals surface area contributed by atoms with Crippen LogP contribution in [0.2, 0.25) is 0 Å². The Morgan fingerprint density at radius 3 is 2.21 bits per heavy atom. The Hall–Kier alpha value is -3.22. The van der Waals surface area contributed by atoms with Gasteiger partial charge in [0.15, 0.2) is 0 Å². The number of carbonyl (C=O) groups is 2. The standard InChI is InChI=1S/C22H28N4O3/c1-17(27)24-19-5-7-20(8-6-19)25-13-15-26(16-14-25)22(28)23-12-11-18-3-9-21(29-2)10-4-18/h3-10H,11-16H2,1-2H3,(H,23,28)(H,24,27). The number of rotatable bonds is 6. The van der Waals surface area contributed by atoms with Crippen molar-refractivity contribution in [2.24, 2.45) is 0 Å². The lowest BCUT2D eigenvalue weighted by Crippen LogP contribution is -2.52. The number of carbonyl (C=O) groups excluding carboxylic acids is 2. The quantitative estimate of drug-likeness (QED) is 0.787. The van der Waals surface area contributed by atoms with Crippen LogP contribution in [0.25, 0.3) is 0 Å². The van der Waals surface area contributed by atoms with Crippen LogP contribution in [0.1, 0.15) is 12.5 Å². The van der Waals surface area contributed by atoms with Gasteiger partial charge >= 0.3 is 6.03 Å². The second-order valence-electron chi connectivity index (χ2n) is 7.03. The molecule has 7 heteroatoms. The number of nitrogens with zero attached hydrogens (tertiary/aromatic N) is 2. The minimum Gasteiger partial charge on any atom is -0.497 e. The third kappa shape index (κ3) is 5.88. The summed E-state index contributed by atoms with van der Waals surface area (Å²) in [7, 11) is 1.65. The van der Waals surface area contributed by atoms with Crippen molar-refractivity contribution in [3.8, 4) is 5.75 Å². The van der Waals surface area contributed by atoms with Crippen LogP contribution in [0, 0.1) is 0 Å². The lowest BCUT2D eigenvalue weighted by atomic mass is 10.1. The first kappa shape index (κ1) is 20.5. The van der Waals surface area contributed by atoms with Gasteiger partial charge in [0.05, 0.1) is 7.11 Å². The van der Waals surface area contributed by atoms with Crippen molar-refractivity contribution in [1.29, 1.82) is 0 Å². The molecule has 0 aliphatic carbocycles. The summed E-state index contributed by atoms with van der Waals surface area (Å²) in [6.45, 7) is 5.03. The van der Waals surface area contributed by atoms with Crippen molar-refractivity contribution >= 4 is 23.3 Å². The van der Waals surface area contributed by atoms with Gasteiger partial charge in [0.2, 0.25) is 5.91 Å². The van der Waals surface area contributed by atoms with Crippen LogP contribution in [-0.4, -0.2) is 56.7 Å².